The summed E-state index contributed by atoms with van der Waals surface area (Å²) in [6, 6.07) is 8.76. The van der Waals surface area contributed by atoms with Crippen LogP contribution in [0.3, 0.4) is 0 Å². The predicted octanol–water partition coefficient (Wildman–Crippen LogP) is 4.47. The maximum absolute atomic E-state index is 5.74. The van der Waals surface area contributed by atoms with Gasteiger partial charge in [-0.3, -0.25) is 4.90 Å². The highest BCUT2D eigenvalue weighted by Crippen LogP contribution is 2.42. The van der Waals surface area contributed by atoms with E-state index < -0.39 is 0 Å². The standard InChI is InChI=1S/C18H20ClNO2S/c1-21-15-11-13-6-9-20(8-4-7-19)18(17-5-3-10-23-17)14(13)12-16(15)22-2/h3-5,7,10-12,18H,6,8-9H2,1-2H3/b7-4+/t18-/m0/s1. The van der Waals surface area contributed by atoms with Gasteiger partial charge in [0, 0.05) is 23.5 Å². The second-order valence-corrected chi connectivity index (χ2v) is 6.66. The number of methoxy groups -OCH3 is 2. The summed E-state index contributed by atoms with van der Waals surface area (Å²) >= 11 is 7.52. The minimum atomic E-state index is 0.228. The van der Waals surface area contributed by atoms with Crippen molar-refractivity contribution in [2.45, 2.75) is 12.5 Å². The largest absolute Gasteiger partial charge is 0.493 e. The third-order valence-corrected chi connectivity index (χ3v) is 5.32. The van der Waals surface area contributed by atoms with Crippen molar-refractivity contribution in [3.63, 3.8) is 0 Å². The summed E-state index contributed by atoms with van der Waals surface area (Å²) in [7, 11) is 3.36. The van der Waals surface area contributed by atoms with Gasteiger partial charge in [0.1, 0.15) is 0 Å². The van der Waals surface area contributed by atoms with Crippen LogP contribution in [-0.2, 0) is 6.42 Å². The predicted molar refractivity (Wildman–Crippen MR) is 96.0 cm³/mol. The van der Waals surface area contributed by atoms with Crippen molar-refractivity contribution in [1.29, 1.82) is 0 Å². The number of thiophene rings is 1. The van der Waals surface area contributed by atoms with E-state index in [9.17, 15) is 0 Å². The summed E-state index contributed by atoms with van der Waals surface area (Å²) in [5.74, 6) is 1.58. The van der Waals surface area contributed by atoms with E-state index in [1.807, 2.05) is 6.08 Å². The molecule has 23 heavy (non-hydrogen) atoms. The van der Waals surface area contributed by atoms with Gasteiger partial charge in [0.15, 0.2) is 11.5 Å². The fourth-order valence-corrected chi connectivity index (χ4v) is 4.11. The highest BCUT2D eigenvalue weighted by atomic mass is 35.5. The average molecular weight is 350 g/mol. The molecule has 5 heteroatoms. The van der Waals surface area contributed by atoms with E-state index in [4.69, 9.17) is 21.1 Å². The van der Waals surface area contributed by atoms with Crippen molar-refractivity contribution in [3.8, 4) is 11.5 Å². The summed E-state index contributed by atoms with van der Waals surface area (Å²) in [6.07, 6.45) is 2.99. The van der Waals surface area contributed by atoms with Crippen LogP contribution >= 0.6 is 22.9 Å². The number of fused-ring (bicyclic) bond motifs is 1. The Labute approximate surface area is 146 Å². The van der Waals surface area contributed by atoms with E-state index in [1.54, 1.807) is 31.1 Å². The van der Waals surface area contributed by atoms with Gasteiger partial charge < -0.3 is 9.47 Å². The van der Waals surface area contributed by atoms with Gasteiger partial charge in [0.05, 0.1) is 20.3 Å². The van der Waals surface area contributed by atoms with E-state index in [2.05, 4.69) is 34.5 Å². The lowest BCUT2D eigenvalue weighted by molar-refractivity contribution is 0.238. The van der Waals surface area contributed by atoms with E-state index in [1.165, 1.54) is 16.0 Å². The first-order valence-corrected chi connectivity index (χ1v) is 8.87. The Bertz CT molecular complexity index is 685. The Morgan fingerprint density at radius 1 is 1.30 bits per heavy atom. The molecular formula is C18H20ClNO2S. The van der Waals surface area contributed by atoms with Crippen molar-refractivity contribution in [2.24, 2.45) is 0 Å². The zero-order chi connectivity index (χ0) is 16.2. The minimum absolute atomic E-state index is 0.228. The van der Waals surface area contributed by atoms with Crippen molar-refractivity contribution in [1.82, 2.24) is 4.90 Å². The van der Waals surface area contributed by atoms with Gasteiger partial charge in [-0.25, -0.2) is 0 Å². The summed E-state index contributed by atoms with van der Waals surface area (Å²) in [6.45, 7) is 1.83. The van der Waals surface area contributed by atoms with Gasteiger partial charge in [-0.2, -0.15) is 0 Å². The second kappa shape index (κ2) is 7.39. The monoisotopic (exact) mass is 349 g/mol. The molecule has 0 unspecified atom stereocenters. The lowest BCUT2D eigenvalue weighted by Gasteiger charge is -2.36. The molecule has 0 amide bonds. The molecule has 0 N–H and O–H groups in total. The van der Waals surface area contributed by atoms with Gasteiger partial charge >= 0.3 is 0 Å². The second-order valence-electron chi connectivity index (χ2n) is 5.43. The fraction of sp³-hybridized carbons (Fsp3) is 0.333. The molecule has 1 atom stereocenters. The van der Waals surface area contributed by atoms with E-state index in [0.717, 1.165) is 31.0 Å². The summed E-state index contributed by atoms with van der Waals surface area (Å²) in [5, 5.41) is 2.12. The van der Waals surface area contributed by atoms with Crippen LogP contribution in [0.15, 0.2) is 41.3 Å². The molecule has 1 aliphatic heterocycles. The quantitative estimate of drug-likeness (QED) is 0.795. The van der Waals surface area contributed by atoms with Crippen LogP contribution in [0.5, 0.6) is 11.5 Å². The molecule has 2 aromatic rings. The van der Waals surface area contributed by atoms with E-state index >= 15 is 0 Å². The third-order valence-electron chi connectivity index (χ3n) is 4.22. The van der Waals surface area contributed by atoms with Crippen LogP contribution in [0.4, 0.5) is 0 Å². The highest BCUT2D eigenvalue weighted by Gasteiger charge is 2.30. The Kier molecular flexibility index (Phi) is 5.26. The maximum Gasteiger partial charge on any atom is 0.161 e. The Morgan fingerprint density at radius 2 is 2.09 bits per heavy atom. The minimum Gasteiger partial charge on any atom is -0.493 e. The van der Waals surface area contributed by atoms with Gasteiger partial charge in [0.25, 0.3) is 0 Å². The molecule has 0 aliphatic carbocycles. The molecule has 122 valence electrons. The molecule has 0 bridgehead atoms. The van der Waals surface area contributed by atoms with Crippen molar-refractivity contribution in [3.05, 3.63) is 57.3 Å². The fourth-order valence-electron chi connectivity index (χ4n) is 3.15. The molecule has 3 rings (SSSR count). The Hall–Kier alpha value is -1.49. The van der Waals surface area contributed by atoms with Crippen LogP contribution in [0.2, 0.25) is 0 Å². The summed E-state index contributed by atoms with van der Waals surface area (Å²) in [4.78, 5) is 3.78. The van der Waals surface area contributed by atoms with Crippen molar-refractivity contribution in [2.75, 3.05) is 27.3 Å². The van der Waals surface area contributed by atoms with E-state index in [-0.39, 0.29) is 6.04 Å². The number of benzene rings is 1. The molecule has 3 nitrogen and oxygen atoms in total. The first-order chi connectivity index (χ1) is 11.3. The summed E-state index contributed by atoms with van der Waals surface area (Å²) < 4.78 is 11.0. The van der Waals surface area contributed by atoms with Gasteiger partial charge in [0.2, 0.25) is 0 Å². The van der Waals surface area contributed by atoms with Gasteiger partial charge in [-0.05, 0) is 41.1 Å². The third kappa shape index (κ3) is 3.25. The number of hydrogen-bond acceptors (Lipinski definition) is 4. The van der Waals surface area contributed by atoms with Gasteiger partial charge in [-0.15, -0.1) is 11.3 Å². The van der Waals surface area contributed by atoms with Crippen LogP contribution in [0, 0.1) is 0 Å². The zero-order valence-electron chi connectivity index (χ0n) is 13.3. The number of rotatable bonds is 5. The molecule has 0 fully saturated rings. The zero-order valence-corrected chi connectivity index (χ0v) is 14.9. The SMILES string of the molecule is COc1cc2c(cc1OC)[C@@H](c1cccs1)N(C/C=C/Cl)CC2. The smallest absolute Gasteiger partial charge is 0.161 e. The number of ether oxygens (including phenoxy) is 2. The lowest BCUT2D eigenvalue weighted by atomic mass is 9.91. The highest BCUT2D eigenvalue weighted by molar-refractivity contribution is 7.10. The molecule has 0 saturated carbocycles. The first kappa shape index (κ1) is 16.4. The van der Waals surface area contributed by atoms with Crippen LogP contribution in [-0.4, -0.2) is 32.2 Å². The van der Waals surface area contributed by atoms with Gasteiger partial charge in [-0.1, -0.05) is 23.7 Å². The summed E-state index contributed by atoms with van der Waals surface area (Å²) in [5.41, 5.74) is 4.21. The molecule has 0 saturated heterocycles. The molecule has 2 heterocycles. The first-order valence-electron chi connectivity index (χ1n) is 7.56. The van der Waals surface area contributed by atoms with Crippen LogP contribution in [0.1, 0.15) is 22.0 Å². The molecule has 1 aromatic heterocycles. The normalized spacial score (nSPS) is 18.1. The van der Waals surface area contributed by atoms with Crippen LogP contribution < -0.4 is 9.47 Å². The molecule has 0 radical (unpaired) electrons. The number of nitrogens with zero attached hydrogens (tertiary/aromatic N) is 1. The average Bonchev–Trinajstić information content (AvgIpc) is 3.12. The number of hydrogen-bond donors (Lipinski definition) is 0. The van der Waals surface area contributed by atoms with Crippen molar-refractivity contribution < 1.29 is 9.47 Å². The molecule has 1 aromatic carbocycles. The lowest BCUT2D eigenvalue weighted by Crippen LogP contribution is -2.35. The Morgan fingerprint density at radius 3 is 2.74 bits per heavy atom. The molecule has 0 spiro atoms. The Balaban J connectivity index is 2.08. The van der Waals surface area contributed by atoms with E-state index in [0.29, 0.717) is 0 Å². The topological polar surface area (TPSA) is 21.7 Å². The van der Waals surface area contributed by atoms with Crippen LogP contribution in [0.25, 0.3) is 0 Å². The molecule has 1 aliphatic rings. The molecular weight excluding hydrogens is 330 g/mol. The number of halogens is 1. The van der Waals surface area contributed by atoms with Crippen molar-refractivity contribution >= 4 is 22.9 Å². The maximum atomic E-state index is 5.74.